The topological polar surface area (TPSA) is 40.5 Å². The Morgan fingerprint density at radius 1 is 1.56 bits per heavy atom. The number of halogens is 1. The number of carbonyl (C=O) groups excluding carboxylic acids is 1. The Kier molecular flexibility index (Phi) is 3.63. The summed E-state index contributed by atoms with van der Waals surface area (Å²) in [7, 11) is 1.72. The van der Waals surface area contributed by atoms with Gasteiger partial charge in [0.15, 0.2) is 0 Å². The highest BCUT2D eigenvalue weighted by Crippen LogP contribution is 2.27. The van der Waals surface area contributed by atoms with Crippen LogP contribution in [0.15, 0.2) is 18.2 Å². The van der Waals surface area contributed by atoms with E-state index in [1.54, 1.807) is 11.9 Å². The number of benzene rings is 1. The van der Waals surface area contributed by atoms with E-state index in [4.69, 9.17) is 5.11 Å². The van der Waals surface area contributed by atoms with Crippen molar-refractivity contribution >= 4 is 5.91 Å². The number of amides is 1. The second-order valence-electron chi connectivity index (χ2n) is 4.30. The van der Waals surface area contributed by atoms with Crippen molar-refractivity contribution in [3.63, 3.8) is 0 Å². The van der Waals surface area contributed by atoms with E-state index < -0.39 is 5.82 Å². The Labute approximate surface area is 105 Å². The minimum atomic E-state index is -0.461. The molecule has 0 saturated heterocycles. The Hall–Kier alpha value is -1.86. The van der Waals surface area contributed by atoms with Crippen molar-refractivity contribution < 1.29 is 14.3 Å². The zero-order valence-electron chi connectivity index (χ0n) is 10.1. The van der Waals surface area contributed by atoms with Crippen molar-refractivity contribution in [3.05, 3.63) is 35.1 Å². The summed E-state index contributed by atoms with van der Waals surface area (Å²) in [6.07, 6.45) is 1.99. The summed E-state index contributed by atoms with van der Waals surface area (Å²) in [6.45, 7) is -0.288. The van der Waals surface area contributed by atoms with Gasteiger partial charge in [-0.25, -0.2) is 4.39 Å². The molecule has 0 spiro atoms. The highest BCUT2D eigenvalue weighted by molar-refractivity contribution is 5.97. The SMILES string of the molecule is CN(C(=O)c1cc(F)ccc1C#CCO)C1CC1. The van der Waals surface area contributed by atoms with E-state index in [1.165, 1.54) is 18.2 Å². The number of hydrogen-bond donors (Lipinski definition) is 1. The van der Waals surface area contributed by atoms with Gasteiger partial charge < -0.3 is 10.0 Å². The monoisotopic (exact) mass is 247 g/mol. The molecule has 1 N–H and O–H groups in total. The molecule has 0 aromatic heterocycles. The van der Waals surface area contributed by atoms with Crippen LogP contribution >= 0.6 is 0 Å². The second kappa shape index (κ2) is 5.19. The van der Waals surface area contributed by atoms with Gasteiger partial charge in [0.2, 0.25) is 0 Å². The van der Waals surface area contributed by atoms with Crippen molar-refractivity contribution in [2.24, 2.45) is 0 Å². The molecule has 1 aliphatic carbocycles. The summed E-state index contributed by atoms with van der Waals surface area (Å²) in [4.78, 5) is 13.8. The van der Waals surface area contributed by atoms with Crippen molar-refractivity contribution in [1.82, 2.24) is 4.90 Å². The number of rotatable bonds is 2. The summed E-state index contributed by atoms with van der Waals surface area (Å²) in [5.74, 6) is 4.46. The van der Waals surface area contributed by atoms with Crippen LogP contribution in [0.4, 0.5) is 4.39 Å². The van der Waals surface area contributed by atoms with Crippen molar-refractivity contribution in [2.45, 2.75) is 18.9 Å². The Bertz CT molecular complexity index is 526. The van der Waals surface area contributed by atoms with Gasteiger partial charge in [-0.15, -0.1) is 0 Å². The quantitative estimate of drug-likeness (QED) is 0.803. The van der Waals surface area contributed by atoms with Gasteiger partial charge in [0.1, 0.15) is 12.4 Å². The maximum Gasteiger partial charge on any atom is 0.255 e. The molecule has 0 atom stereocenters. The molecule has 0 aliphatic heterocycles. The lowest BCUT2D eigenvalue weighted by Gasteiger charge is -2.17. The van der Waals surface area contributed by atoms with Crippen LogP contribution in [0.2, 0.25) is 0 Å². The standard InChI is InChI=1S/C14H14FNO2/c1-16(12-6-7-12)14(18)13-9-11(15)5-4-10(13)3-2-8-17/h4-5,9,12,17H,6-8H2,1H3. The predicted molar refractivity (Wildman–Crippen MR) is 65.5 cm³/mol. The zero-order chi connectivity index (χ0) is 13.1. The first kappa shape index (κ1) is 12.6. The molecule has 0 bridgehead atoms. The average Bonchev–Trinajstić information content (AvgIpc) is 3.19. The molecule has 3 nitrogen and oxygen atoms in total. The fraction of sp³-hybridized carbons (Fsp3) is 0.357. The minimum Gasteiger partial charge on any atom is -0.384 e. The van der Waals surface area contributed by atoms with Crippen LogP contribution < -0.4 is 0 Å². The normalized spacial score (nSPS) is 13.7. The fourth-order valence-electron chi connectivity index (χ4n) is 1.75. The van der Waals surface area contributed by atoms with Crippen LogP contribution in [0.3, 0.4) is 0 Å². The number of hydrogen-bond acceptors (Lipinski definition) is 2. The average molecular weight is 247 g/mol. The van der Waals surface area contributed by atoms with Crippen LogP contribution in [0.5, 0.6) is 0 Å². The number of nitrogens with zero attached hydrogens (tertiary/aromatic N) is 1. The maximum absolute atomic E-state index is 13.2. The smallest absolute Gasteiger partial charge is 0.255 e. The van der Waals surface area contributed by atoms with Gasteiger partial charge in [0.25, 0.3) is 5.91 Å². The van der Waals surface area contributed by atoms with E-state index >= 15 is 0 Å². The zero-order valence-corrected chi connectivity index (χ0v) is 10.1. The van der Waals surface area contributed by atoms with Gasteiger partial charge in [-0.3, -0.25) is 4.79 Å². The van der Waals surface area contributed by atoms with Crippen molar-refractivity contribution in [3.8, 4) is 11.8 Å². The molecule has 1 amide bonds. The molecule has 1 aromatic carbocycles. The summed E-state index contributed by atoms with van der Waals surface area (Å²) in [5.41, 5.74) is 0.702. The molecule has 1 fully saturated rings. The van der Waals surface area contributed by atoms with Gasteiger partial charge >= 0.3 is 0 Å². The van der Waals surface area contributed by atoms with Gasteiger partial charge in [0.05, 0.1) is 5.56 Å². The van der Waals surface area contributed by atoms with Gasteiger partial charge in [-0.1, -0.05) is 11.8 Å². The Morgan fingerprint density at radius 2 is 2.28 bits per heavy atom. The Morgan fingerprint density at radius 3 is 2.89 bits per heavy atom. The van der Waals surface area contributed by atoms with E-state index in [1.807, 2.05) is 0 Å². The molecule has 94 valence electrons. The van der Waals surface area contributed by atoms with Gasteiger partial charge in [-0.05, 0) is 31.0 Å². The number of carbonyl (C=O) groups is 1. The molecule has 1 aliphatic rings. The lowest BCUT2D eigenvalue weighted by Crippen LogP contribution is -2.29. The van der Waals surface area contributed by atoms with Crippen molar-refractivity contribution in [1.29, 1.82) is 0 Å². The number of aliphatic hydroxyl groups is 1. The summed E-state index contributed by atoms with van der Waals surface area (Å²) < 4.78 is 13.2. The molecular formula is C14H14FNO2. The third-order valence-corrected chi connectivity index (χ3v) is 2.93. The van der Waals surface area contributed by atoms with Crippen LogP contribution in [-0.4, -0.2) is 35.6 Å². The van der Waals surface area contributed by atoms with Gasteiger partial charge in [0, 0.05) is 18.7 Å². The van der Waals surface area contributed by atoms with Crippen LogP contribution in [-0.2, 0) is 0 Å². The molecule has 0 radical (unpaired) electrons. The third kappa shape index (κ3) is 2.69. The van der Waals surface area contributed by atoms with Gasteiger partial charge in [-0.2, -0.15) is 0 Å². The lowest BCUT2D eigenvalue weighted by atomic mass is 10.1. The predicted octanol–water partition coefficient (Wildman–Crippen LogP) is 1.40. The molecule has 18 heavy (non-hydrogen) atoms. The van der Waals surface area contributed by atoms with Crippen LogP contribution in [0, 0.1) is 17.7 Å². The second-order valence-corrected chi connectivity index (χ2v) is 4.30. The van der Waals surface area contributed by atoms with E-state index in [-0.39, 0.29) is 24.1 Å². The number of aliphatic hydroxyl groups excluding tert-OH is 1. The molecular weight excluding hydrogens is 233 g/mol. The largest absolute Gasteiger partial charge is 0.384 e. The van der Waals surface area contributed by atoms with Crippen LogP contribution in [0.25, 0.3) is 0 Å². The van der Waals surface area contributed by atoms with Crippen LogP contribution in [0.1, 0.15) is 28.8 Å². The Balaban J connectivity index is 2.34. The maximum atomic E-state index is 13.2. The first-order valence-corrected chi connectivity index (χ1v) is 5.80. The van der Waals surface area contributed by atoms with E-state index in [2.05, 4.69) is 11.8 Å². The van der Waals surface area contributed by atoms with E-state index in [0.29, 0.717) is 5.56 Å². The first-order chi connectivity index (χ1) is 8.63. The molecule has 2 rings (SSSR count). The third-order valence-electron chi connectivity index (χ3n) is 2.93. The molecule has 4 heteroatoms. The molecule has 1 saturated carbocycles. The fourth-order valence-corrected chi connectivity index (χ4v) is 1.75. The highest BCUT2D eigenvalue weighted by Gasteiger charge is 2.30. The summed E-state index contributed by atoms with van der Waals surface area (Å²) in [5, 5.41) is 8.68. The summed E-state index contributed by atoms with van der Waals surface area (Å²) in [6, 6.07) is 4.18. The molecule has 1 aromatic rings. The lowest BCUT2D eigenvalue weighted by molar-refractivity contribution is 0.0784. The van der Waals surface area contributed by atoms with Crippen molar-refractivity contribution in [2.75, 3.05) is 13.7 Å². The molecule has 0 heterocycles. The van der Waals surface area contributed by atoms with E-state index in [9.17, 15) is 9.18 Å². The minimum absolute atomic E-state index is 0.223. The van der Waals surface area contributed by atoms with E-state index in [0.717, 1.165) is 12.8 Å². The summed E-state index contributed by atoms with van der Waals surface area (Å²) >= 11 is 0. The first-order valence-electron chi connectivity index (χ1n) is 5.80. The molecule has 0 unspecified atom stereocenters. The highest BCUT2D eigenvalue weighted by atomic mass is 19.1.